The molecule has 0 saturated heterocycles. The molecular formula is C8H14N4. The summed E-state index contributed by atoms with van der Waals surface area (Å²) in [6.45, 7) is 2.66. The lowest BCUT2D eigenvalue weighted by Crippen LogP contribution is -2.15. The number of nitrogens with zero attached hydrogens (tertiary/aromatic N) is 2. The van der Waals surface area contributed by atoms with E-state index in [1.165, 1.54) is 12.8 Å². The van der Waals surface area contributed by atoms with Crippen molar-refractivity contribution in [1.82, 2.24) is 15.2 Å². The van der Waals surface area contributed by atoms with Crippen LogP contribution in [0.15, 0.2) is 0 Å². The van der Waals surface area contributed by atoms with Crippen molar-refractivity contribution in [3.8, 4) is 0 Å². The van der Waals surface area contributed by atoms with Crippen LogP contribution < -0.4 is 5.73 Å². The topological polar surface area (TPSA) is 67.6 Å². The molecule has 1 aliphatic rings. The highest BCUT2D eigenvalue weighted by Crippen LogP contribution is 2.49. The van der Waals surface area contributed by atoms with Gasteiger partial charge < -0.3 is 5.73 Å². The summed E-state index contributed by atoms with van der Waals surface area (Å²) in [4.78, 5) is 4.34. The Morgan fingerprint density at radius 3 is 2.75 bits per heavy atom. The summed E-state index contributed by atoms with van der Waals surface area (Å²) >= 11 is 0. The third-order valence-electron chi connectivity index (χ3n) is 2.55. The number of nitrogens with two attached hydrogens (primary N) is 1. The van der Waals surface area contributed by atoms with Crippen LogP contribution in [0, 0.1) is 6.92 Å². The molecule has 0 atom stereocenters. The Bertz CT molecular complexity index is 274. The number of H-pyrrole nitrogens is 1. The first-order valence-corrected chi connectivity index (χ1v) is 4.36. The number of rotatable bonds is 3. The Labute approximate surface area is 71.6 Å². The average Bonchev–Trinajstić information content (AvgIpc) is 2.69. The lowest BCUT2D eigenvalue weighted by atomic mass is 10.0. The van der Waals surface area contributed by atoms with E-state index in [1.807, 2.05) is 6.92 Å². The third kappa shape index (κ3) is 1.12. The minimum absolute atomic E-state index is 0.236. The normalized spacial score (nSPS) is 19.5. The molecular weight excluding hydrogens is 152 g/mol. The second-order valence-electron chi connectivity index (χ2n) is 3.56. The molecule has 66 valence electrons. The lowest BCUT2D eigenvalue weighted by Gasteiger charge is -2.07. The molecule has 0 amide bonds. The second-order valence-corrected chi connectivity index (χ2v) is 3.56. The Morgan fingerprint density at radius 1 is 1.58 bits per heavy atom. The van der Waals surface area contributed by atoms with Gasteiger partial charge in [0.05, 0.1) is 0 Å². The zero-order chi connectivity index (χ0) is 8.60. The van der Waals surface area contributed by atoms with E-state index in [0.717, 1.165) is 24.6 Å². The molecule has 2 rings (SSSR count). The molecule has 0 unspecified atom stereocenters. The molecule has 1 fully saturated rings. The molecule has 0 aromatic carbocycles. The van der Waals surface area contributed by atoms with E-state index in [1.54, 1.807) is 0 Å². The van der Waals surface area contributed by atoms with E-state index >= 15 is 0 Å². The van der Waals surface area contributed by atoms with Crippen molar-refractivity contribution in [3.05, 3.63) is 11.6 Å². The number of aryl methyl sites for hydroxylation is 1. The number of nitrogens with one attached hydrogen (secondary N) is 1. The van der Waals surface area contributed by atoms with E-state index in [2.05, 4.69) is 15.2 Å². The fourth-order valence-electron chi connectivity index (χ4n) is 1.59. The van der Waals surface area contributed by atoms with Gasteiger partial charge in [-0.1, -0.05) is 0 Å². The molecule has 0 spiro atoms. The predicted molar refractivity (Wildman–Crippen MR) is 45.7 cm³/mol. The minimum Gasteiger partial charge on any atom is -0.330 e. The molecule has 3 N–H and O–H groups in total. The average molecular weight is 166 g/mol. The van der Waals surface area contributed by atoms with Gasteiger partial charge in [0.25, 0.3) is 0 Å². The highest BCUT2D eigenvalue weighted by atomic mass is 15.2. The van der Waals surface area contributed by atoms with Gasteiger partial charge in [-0.3, -0.25) is 5.10 Å². The molecule has 1 aromatic heterocycles. The van der Waals surface area contributed by atoms with Crippen molar-refractivity contribution in [2.24, 2.45) is 5.73 Å². The van der Waals surface area contributed by atoms with Gasteiger partial charge in [-0.05, 0) is 32.7 Å². The first-order valence-electron chi connectivity index (χ1n) is 4.36. The largest absolute Gasteiger partial charge is 0.330 e. The van der Waals surface area contributed by atoms with Gasteiger partial charge in [0.2, 0.25) is 0 Å². The van der Waals surface area contributed by atoms with Crippen LogP contribution >= 0.6 is 0 Å². The summed E-state index contributed by atoms with van der Waals surface area (Å²) in [7, 11) is 0. The van der Waals surface area contributed by atoms with E-state index in [9.17, 15) is 0 Å². The van der Waals surface area contributed by atoms with E-state index < -0.39 is 0 Å². The van der Waals surface area contributed by atoms with Crippen molar-refractivity contribution in [1.29, 1.82) is 0 Å². The van der Waals surface area contributed by atoms with Crippen molar-refractivity contribution in [3.63, 3.8) is 0 Å². The number of aromatic nitrogens is 3. The van der Waals surface area contributed by atoms with Gasteiger partial charge in [0.15, 0.2) is 5.82 Å². The molecule has 1 heterocycles. The van der Waals surface area contributed by atoms with Crippen LogP contribution in [0.2, 0.25) is 0 Å². The molecule has 4 nitrogen and oxygen atoms in total. The molecule has 4 heteroatoms. The fraction of sp³-hybridized carbons (Fsp3) is 0.750. The van der Waals surface area contributed by atoms with Crippen molar-refractivity contribution < 1.29 is 0 Å². The van der Waals surface area contributed by atoms with Crippen LogP contribution in [0.25, 0.3) is 0 Å². The Balaban J connectivity index is 2.18. The smallest absolute Gasteiger partial charge is 0.156 e. The summed E-state index contributed by atoms with van der Waals surface area (Å²) in [5.74, 6) is 1.86. The maximum atomic E-state index is 5.53. The Morgan fingerprint density at radius 2 is 2.33 bits per heavy atom. The standard InChI is InChI=1S/C8H14N4/c1-6-10-7(12-11-6)8(2-3-8)4-5-9/h2-5,9H2,1H3,(H,10,11,12). The van der Waals surface area contributed by atoms with Crippen LogP contribution in [0.3, 0.4) is 0 Å². The van der Waals surface area contributed by atoms with Gasteiger partial charge in [-0.25, -0.2) is 4.98 Å². The predicted octanol–water partition coefficient (Wildman–Crippen LogP) is 0.494. The summed E-state index contributed by atoms with van der Waals surface area (Å²) in [6, 6.07) is 0. The molecule has 0 aliphatic heterocycles. The summed E-state index contributed by atoms with van der Waals surface area (Å²) < 4.78 is 0. The highest BCUT2D eigenvalue weighted by molar-refractivity contribution is 5.17. The van der Waals surface area contributed by atoms with Gasteiger partial charge >= 0.3 is 0 Å². The van der Waals surface area contributed by atoms with Gasteiger partial charge in [-0.15, -0.1) is 0 Å². The Hall–Kier alpha value is -0.900. The van der Waals surface area contributed by atoms with Crippen molar-refractivity contribution in [2.75, 3.05) is 6.54 Å². The molecule has 0 bridgehead atoms. The zero-order valence-electron chi connectivity index (χ0n) is 7.30. The van der Waals surface area contributed by atoms with Crippen LogP contribution in [-0.4, -0.2) is 21.7 Å². The molecule has 12 heavy (non-hydrogen) atoms. The van der Waals surface area contributed by atoms with Crippen LogP contribution in [0.5, 0.6) is 0 Å². The van der Waals surface area contributed by atoms with Crippen molar-refractivity contribution in [2.45, 2.75) is 31.6 Å². The quantitative estimate of drug-likeness (QED) is 0.686. The van der Waals surface area contributed by atoms with Crippen LogP contribution in [-0.2, 0) is 5.41 Å². The van der Waals surface area contributed by atoms with Crippen LogP contribution in [0.4, 0.5) is 0 Å². The first kappa shape index (κ1) is 7.73. The molecule has 1 saturated carbocycles. The number of hydrogen-bond acceptors (Lipinski definition) is 3. The first-order chi connectivity index (χ1) is 5.77. The lowest BCUT2D eigenvalue weighted by molar-refractivity contribution is 0.590. The van der Waals surface area contributed by atoms with E-state index in [-0.39, 0.29) is 5.41 Å². The van der Waals surface area contributed by atoms with Gasteiger partial charge in [-0.2, -0.15) is 5.10 Å². The zero-order valence-corrected chi connectivity index (χ0v) is 7.30. The molecule has 1 aromatic rings. The fourth-order valence-corrected chi connectivity index (χ4v) is 1.59. The SMILES string of the molecule is Cc1nc(C2(CCN)CC2)n[nH]1. The third-order valence-corrected chi connectivity index (χ3v) is 2.55. The number of hydrogen-bond donors (Lipinski definition) is 2. The second kappa shape index (κ2) is 2.55. The number of aromatic amines is 1. The van der Waals surface area contributed by atoms with Crippen LogP contribution in [0.1, 0.15) is 30.9 Å². The maximum absolute atomic E-state index is 5.53. The molecule has 0 radical (unpaired) electrons. The summed E-state index contributed by atoms with van der Waals surface area (Å²) in [6.07, 6.45) is 3.41. The summed E-state index contributed by atoms with van der Waals surface area (Å²) in [5, 5.41) is 7.05. The summed E-state index contributed by atoms with van der Waals surface area (Å²) in [5.41, 5.74) is 5.77. The van der Waals surface area contributed by atoms with E-state index in [4.69, 9.17) is 5.73 Å². The van der Waals surface area contributed by atoms with Gasteiger partial charge in [0.1, 0.15) is 5.82 Å². The minimum atomic E-state index is 0.236. The maximum Gasteiger partial charge on any atom is 0.156 e. The Kier molecular flexibility index (Phi) is 1.65. The molecule has 1 aliphatic carbocycles. The monoisotopic (exact) mass is 166 g/mol. The van der Waals surface area contributed by atoms with Crippen molar-refractivity contribution >= 4 is 0 Å². The van der Waals surface area contributed by atoms with E-state index in [0.29, 0.717) is 0 Å². The van der Waals surface area contributed by atoms with Gasteiger partial charge in [0, 0.05) is 5.41 Å². The highest BCUT2D eigenvalue weighted by Gasteiger charge is 2.46.